The van der Waals surface area contributed by atoms with Crippen LogP contribution in [0.3, 0.4) is 0 Å². The highest BCUT2D eigenvalue weighted by Crippen LogP contribution is 2.37. The van der Waals surface area contributed by atoms with Gasteiger partial charge in [-0.2, -0.15) is 5.26 Å². The number of nitrogens with zero attached hydrogens (tertiary/aromatic N) is 3. The van der Waals surface area contributed by atoms with Gasteiger partial charge in [-0.1, -0.05) is 0 Å². The van der Waals surface area contributed by atoms with Gasteiger partial charge in [0.25, 0.3) is 0 Å². The number of nitro groups is 2. The lowest BCUT2D eigenvalue weighted by Gasteiger charge is -2.08. The molecular formula is C10H10N4O6S. The zero-order valence-electron chi connectivity index (χ0n) is 10.8. The molecule has 0 atom stereocenters. The van der Waals surface area contributed by atoms with Gasteiger partial charge in [0.2, 0.25) is 0 Å². The highest BCUT2D eigenvalue weighted by molar-refractivity contribution is 7.90. The number of nitriles is 1. The van der Waals surface area contributed by atoms with E-state index in [4.69, 9.17) is 5.26 Å². The first kappa shape index (κ1) is 16.3. The van der Waals surface area contributed by atoms with Crippen LogP contribution in [0.1, 0.15) is 6.42 Å². The molecule has 10 nitrogen and oxygen atoms in total. The van der Waals surface area contributed by atoms with Crippen LogP contribution in [0.4, 0.5) is 17.1 Å². The van der Waals surface area contributed by atoms with Gasteiger partial charge in [0.1, 0.15) is 0 Å². The second-order valence-electron chi connectivity index (χ2n) is 3.96. The van der Waals surface area contributed by atoms with E-state index in [1.165, 1.54) is 0 Å². The van der Waals surface area contributed by atoms with Crippen LogP contribution in [-0.2, 0) is 9.84 Å². The average molecular weight is 314 g/mol. The zero-order chi connectivity index (χ0) is 16.2. The van der Waals surface area contributed by atoms with Crippen LogP contribution in [0.15, 0.2) is 17.0 Å². The molecule has 0 aliphatic heterocycles. The Bertz CT molecular complexity index is 701. The normalized spacial score (nSPS) is 10.7. The summed E-state index contributed by atoms with van der Waals surface area (Å²) in [6, 6.07) is 3.27. The topological polar surface area (TPSA) is 156 Å². The molecule has 21 heavy (non-hydrogen) atoms. The summed E-state index contributed by atoms with van der Waals surface area (Å²) in [6.07, 6.45) is 0.765. The second kappa shape index (κ2) is 6.14. The lowest BCUT2D eigenvalue weighted by atomic mass is 10.2. The molecule has 0 amide bonds. The summed E-state index contributed by atoms with van der Waals surface area (Å²) in [5.41, 5.74) is -1.89. The van der Waals surface area contributed by atoms with Crippen molar-refractivity contribution >= 4 is 26.9 Å². The van der Waals surface area contributed by atoms with Crippen LogP contribution in [0, 0.1) is 31.6 Å². The van der Waals surface area contributed by atoms with Crippen LogP contribution in [0.25, 0.3) is 0 Å². The number of rotatable bonds is 6. The van der Waals surface area contributed by atoms with Crippen molar-refractivity contribution in [2.24, 2.45) is 0 Å². The monoisotopic (exact) mass is 314 g/mol. The number of hydrogen-bond acceptors (Lipinski definition) is 8. The third kappa shape index (κ3) is 3.86. The number of benzene rings is 1. The molecule has 0 aliphatic rings. The molecular weight excluding hydrogens is 304 g/mol. The Hall–Kier alpha value is -2.74. The van der Waals surface area contributed by atoms with E-state index in [0.29, 0.717) is 0 Å². The van der Waals surface area contributed by atoms with Gasteiger partial charge >= 0.3 is 11.4 Å². The predicted octanol–water partition coefficient (Wildman–Crippen LogP) is 1.23. The Morgan fingerprint density at radius 1 is 1.24 bits per heavy atom. The molecule has 0 unspecified atom stereocenters. The van der Waals surface area contributed by atoms with Crippen LogP contribution in [0.2, 0.25) is 0 Å². The van der Waals surface area contributed by atoms with Gasteiger partial charge in [-0.05, 0) is 0 Å². The van der Waals surface area contributed by atoms with Crippen molar-refractivity contribution < 1.29 is 18.3 Å². The quantitative estimate of drug-likeness (QED) is 0.466. The standard InChI is InChI=1S/C10H10N4O6S/c1-21(19,20)7-5-8(13(15)16)10(12-4-2-3-11)9(6-7)14(17)18/h5-6,12H,2,4H2,1H3. The predicted molar refractivity (Wildman–Crippen MR) is 71.6 cm³/mol. The second-order valence-corrected chi connectivity index (χ2v) is 5.97. The zero-order valence-corrected chi connectivity index (χ0v) is 11.6. The summed E-state index contributed by atoms with van der Waals surface area (Å²) < 4.78 is 22.9. The molecule has 0 bridgehead atoms. The number of sulfone groups is 1. The van der Waals surface area contributed by atoms with Crippen molar-refractivity contribution in [3.8, 4) is 6.07 Å². The van der Waals surface area contributed by atoms with Crippen LogP contribution >= 0.6 is 0 Å². The minimum Gasteiger partial charge on any atom is -0.373 e. The third-order valence-electron chi connectivity index (χ3n) is 2.43. The molecule has 1 N–H and O–H groups in total. The van der Waals surface area contributed by atoms with Gasteiger partial charge in [0, 0.05) is 24.9 Å². The Kier molecular flexibility index (Phi) is 4.77. The summed E-state index contributed by atoms with van der Waals surface area (Å²) in [6.45, 7) is -0.0452. The molecule has 0 aromatic heterocycles. The molecule has 0 saturated carbocycles. The van der Waals surface area contributed by atoms with Crippen LogP contribution in [0.5, 0.6) is 0 Å². The summed E-state index contributed by atoms with van der Waals surface area (Å²) in [5, 5.41) is 32.8. The first-order valence-electron chi connectivity index (χ1n) is 5.46. The van der Waals surface area contributed by atoms with E-state index >= 15 is 0 Å². The highest BCUT2D eigenvalue weighted by Gasteiger charge is 2.29. The summed E-state index contributed by atoms with van der Waals surface area (Å²) >= 11 is 0. The first-order valence-corrected chi connectivity index (χ1v) is 7.35. The van der Waals surface area contributed by atoms with Gasteiger partial charge in [0.05, 0.1) is 27.2 Å². The van der Waals surface area contributed by atoms with Crippen LogP contribution in [-0.4, -0.2) is 31.1 Å². The van der Waals surface area contributed by atoms with E-state index in [0.717, 1.165) is 18.4 Å². The molecule has 1 aromatic carbocycles. The van der Waals surface area contributed by atoms with E-state index in [1.54, 1.807) is 6.07 Å². The Morgan fingerprint density at radius 2 is 1.71 bits per heavy atom. The van der Waals surface area contributed by atoms with Gasteiger partial charge < -0.3 is 5.32 Å². The minimum atomic E-state index is -3.85. The van der Waals surface area contributed by atoms with Crippen molar-refractivity contribution in [2.75, 3.05) is 18.1 Å². The molecule has 0 saturated heterocycles. The van der Waals surface area contributed by atoms with Crippen molar-refractivity contribution in [3.63, 3.8) is 0 Å². The fraction of sp³-hybridized carbons (Fsp3) is 0.300. The number of nitro benzene ring substituents is 2. The van der Waals surface area contributed by atoms with Gasteiger partial charge in [-0.3, -0.25) is 20.2 Å². The van der Waals surface area contributed by atoms with E-state index in [9.17, 15) is 28.6 Å². The fourth-order valence-corrected chi connectivity index (χ4v) is 2.16. The maximum absolute atomic E-state index is 11.4. The van der Waals surface area contributed by atoms with Gasteiger partial charge in [0.15, 0.2) is 15.5 Å². The smallest absolute Gasteiger partial charge is 0.300 e. The molecule has 0 spiro atoms. The molecule has 112 valence electrons. The minimum absolute atomic E-state index is 0.0257. The molecule has 11 heteroatoms. The lowest BCUT2D eigenvalue weighted by Crippen LogP contribution is -2.09. The molecule has 0 aliphatic carbocycles. The van der Waals surface area contributed by atoms with Gasteiger partial charge in [-0.25, -0.2) is 8.42 Å². The van der Waals surface area contributed by atoms with Crippen LogP contribution < -0.4 is 5.32 Å². The van der Waals surface area contributed by atoms with E-state index in [-0.39, 0.29) is 13.0 Å². The van der Waals surface area contributed by atoms with Crippen molar-refractivity contribution in [1.29, 1.82) is 5.26 Å². The Labute approximate surface area is 119 Å². The number of hydrogen-bond donors (Lipinski definition) is 1. The number of anilines is 1. The Morgan fingerprint density at radius 3 is 2.05 bits per heavy atom. The highest BCUT2D eigenvalue weighted by atomic mass is 32.2. The molecule has 0 radical (unpaired) electrons. The van der Waals surface area contributed by atoms with Crippen molar-refractivity contribution in [2.45, 2.75) is 11.3 Å². The first-order chi connectivity index (χ1) is 9.68. The largest absolute Gasteiger partial charge is 0.373 e. The maximum atomic E-state index is 11.4. The van der Waals surface area contributed by atoms with E-state index < -0.39 is 41.6 Å². The summed E-state index contributed by atoms with van der Waals surface area (Å²) in [7, 11) is -3.85. The van der Waals surface area contributed by atoms with E-state index in [1.807, 2.05) is 0 Å². The molecule has 0 heterocycles. The van der Waals surface area contributed by atoms with Crippen molar-refractivity contribution in [1.82, 2.24) is 0 Å². The molecule has 1 aromatic rings. The molecule has 1 rings (SSSR count). The number of nitrogens with one attached hydrogen (secondary N) is 1. The summed E-state index contributed by atoms with van der Waals surface area (Å²) in [4.78, 5) is 19.6. The average Bonchev–Trinajstić information content (AvgIpc) is 2.36. The third-order valence-corrected chi connectivity index (χ3v) is 3.52. The Balaban J connectivity index is 3.56. The maximum Gasteiger partial charge on any atom is 0.300 e. The summed E-state index contributed by atoms with van der Waals surface area (Å²) in [5.74, 6) is 0. The lowest BCUT2D eigenvalue weighted by molar-refractivity contribution is -0.392. The van der Waals surface area contributed by atoms with E-state index in [2.05, 4.69) is 5.32 Å². The molecule has 0 fully saturated rings. The van der Waals surface area contributed by atoms with Gasteiger partial charge in [-0.15, -0.1) is 0 Å². The fourth-order valence-electron chi connectivity index (χ4n) is 1.51. The van der Waals surface area contributed by atoms with Crippen molar-refractivity contribution in [3.05, 3.63) is 32.4 Å². The SMILES string of the molecule is CS(=O)(=O)c1cc([N+](=O)[O-])c(NCCC#N)c([N+](=O)[O-])c1.